The Kier molecular flexibility index (Phi) is 6.81. The third-order valence-electron chi connectivity index (χ3n) is 8.16. The van der Waals surface area contributed by atoms with Crippen LogP contribution < -0.4 is 15.0 Å². The van der Waals surface area contributed by atoms with E-state index in [2.05, 4.69) is 92.5 Å². The highest BCUT2D eigenvalue weighted by Crippen LogP contribution is 2.48. The molecule has 0 saturated heterocycles. The molecule has 4 aromatic carbocycles. The van der Waals surface area contributed by atoms with Gasteiger partial charge in [-0.3, -0.25) is 0 Å². The molecule has 7 rings (SSSR count). The second kappa shape index (κ2) is 10.8. The van der Waals surface area contributed by atoms with Crippen LogP contribution in [-0.2, 0) is 5.41 Å². The van der Waals surface area contributed by atoms with Crippen LogP contribution in [0.5, 0.6) is 5.75 Å². The van der Waals surface area contributed by atoms with Gasteiger partial charge in [0, 0.05) is 11.3 Å². The molecule has 0 bridgehead atoms. The average molecular weight is 581 g/mol. The summed E-state index contributed by atoms with van der Waals surface area (Å²) in [5.41, 5.74) is 8.29. The van der Waals surface area contributed by atoms with Crippen molar-refractivity contribution in [1.29, 1.82) is 0 Å². The van der Waals surface area contributed by atoms with Crippen LogP contribution in [0.15, 0.2) is 113 Å². The number of nitrogens with one attached hydrogen (secondary N) is 1. The minimum atomic E-state index is -0.169. The lowest BCUT2D eigenvalue weighted by Crippen LogP contribution is -2.46. The lowest BCUT2D eigenvalue weighted by molar-refractivity contribution is 0.340. The highest BCUT2D eigenvalue weighted by atomic mass is 16.5. The van der Waals surface area contributed by atoms with E-state index in [9.17, 15) is 0 Å². The maximum absolute atomic E-state index is 5.67. The van der Waals surface area contributed by atoms with E-state index < -0.39 is 0 Å². The van der Waals surface area contributed by atoms with Crippen molar-refractivity contribution in [3.63, 3.8) is 0 Å². The number of para-hydroxylation sites is 3. The summed E-state index contributed by atoms with van der Waals surface area (Å²) < 4.78 is 7.63. The number of aliphatic imine (C=N–C) groups is 2. The number of hydrogen-bond donors (Lipinski definition) is 1. The van der Waals surface area contributed by atoms with Crippen molar-refractivity contribution in [1.82, 2.24) is 9.78 Å². The Bertz CT molecular complexity index is 1880. The SMILES string of the molecule is CCOc1ccc(NC2=Nc3ccccc3N3C2=Nc2c(c(C)nn2-c2ccccc2)[C@H]3c2ccc(C(C)(C)C)cc2)cc1. The smallest absolute Gasteiger partial charge is 0.179 e. The van der Waals surface area contributed by atoms with Crippen LogP contribution in [0.1, 0.15) is 56.1 Å². The fourth-order valence-electron chi connectivity index (χ4n) is 5.97. The fraction of sp³-hybridized carbons (Fsp3) is 0.216. The molecule has 44 heavy (non-hydrogen) atoms. The van der Waals surface area contributed by atoms with Crippen molar-refractivity contribution in [2.24, 2.45) is 9.98 Å². The van der Waals surface area contributed by atoms with E-state index in [0.717, 1.165) is 51.4 Å². The van der Waals surface area contributed by atoms with Gasteiger partial charge in [0.1, 0.15) is 5.75 Å². The van der Waals surface area contributed by atoms with Gasteiger partial charge in [-0.1, -0.05) is 75.4 Å². The largest absolute Gasteiger partial charge is 0.494 e. The summed E-state index contributed by atoms with van der Waals surface area (Å²) in [5.74, 6) is 3.06. The molecule has 220 valence electrons. The van der Waals surface area contributed by atoms with Gasteiger partial charge in [0.05, 0.1) is 35.4 Å². The molecule has 0 spiro atoms. The summed E-state index contributed by atoms with van der Waals surface area (Å²) in [5, 5.41) is 8.63. The highest BCUT2D eigenvalue weighted by Gasteiger charge is 2.41. The normalized spacial score (nSPS) is 15.5. The summed E-state index contributed by atoms with van der Waals surface area (Å²) in [6, 6.07) is 35.3. The summed E-state index contributed by atoms with van der Waals surface area (Å²) >= 11 is 0. The predicted molar refractivity (Wildman–Crippen MR) is 180 cm³/mol. The molecule has 7 heteroatoms. The van der Waals surface area contributed by atoms with Crippen molar-refractivity contribution in [2.45, 2.75) is 46.1 Å². The van der Waals surface area contributed by atoms with Crippen LogP contribution in [0, 0.1) is 6.92 Å². The molecular weight excluding hydrogens is 544 g/mol. The average Bonchev–Trinajstić information content (AvgIpc) is 3.37. The van der Waals surface area contributed by atoms with Crippen LogP contribution in [0.4, 0.5) is 22.9 Å². The number of ether oxygens (including phenoxy) is 1. The maximum atomic E-state index is 5.67. The van der Waals surface area contributed by atoms with Gasteiger partial charge in [0.15, 0.2) is 17.5 Å². The quantitative estimate of drug-likeness (QED) is 0.226. The molecule has 2 aliphatic heterocycles. The van der Waals surface area contributed by atoms with Gasteiger partial charge in [-0.15, -0.1) is 0 Å². The minimum absolute atomic E-state index is 0.0518. The van der Waals surface area contributed by atoms with E-state index in [1.165, 1.54) is 11.1 Å². The minimum Gasteiger partial charge on any atom is -0.494 e. The van der Waals surface area contributed by atoms with E-state index in [4.69, 9.17) is 19.8 Å². The van der Waals surface area contributed by atoms with Gasteiger partial charge in [0.25, 0.3) is 0 Å². The molecule has 2 aliphatic rings. The standard InChI is InChI=1S/C37H36N6O/c1-6-44-29-22-20-27(21-23-29)38-34-36-40-35-32(24(2)41-43(35)28-12-8-7-9-13-28)33(25-16-18-26(19-17-25)37(3,4)5)42(36)31-15-11-10-14-30(31)39-34/h7-23,33H,6H2,1-5H3,(H,38,39)/t33-/m1/s1. The van der Waals surface area contributed by atoms with Crippen molar-refractivity contribution >= 4 is 34.6 Å². The Hall–Kier alpha value is -5.17. The molecule has 0 aliphatic carbocycles. The molecule has 0 fully saturated rings. The van der Waals surface area contributed by atoms with Crippen molar-refractivity contribution in [3.05, 3.63) is 126 Å². The van der Waals surface area contributed by atoms with E-state index in [1.807, 2.05) is 60.1 Å². The number of benzene rings is 4. The van der Waals surface area contributed by atoms with Crippen LogP contribution in [0.2, 0.25) is 0 Å². The monoisotopic (exact) mass is 580 g/mol. The third kappa shape index (κ3) is 4.84. The van der Waals surface area contributed by atoms with Gasteiger partial charge in [-0.2, -0.15) is 5.10 Å². The molecule has 7 nitrogen and oxygen atoms in total. The molecule has 0 saturated carbocycles. The number of hydrogen-bond acceptors (Lipinski definition) is 6. The first-order chi connectivity index (χ1) is 21.3. The fourth-order valence-corrected chi connectivity index (χ4v) is 5.97. The number of anilines is 2. The van der Waals surface area contributed by atoms with Gasteiger partial charge in [0.2, 0.25) is 0 Å². The second-order valence-corrected chi connectivity index (χ2v) is 12.2. The maximum Gasteiger partial charge on any atom is 0.179 e. The topological polar surface area (TPSA) is 67.0 Å². The van der Waals surface area contributed by atoms with Gasteiger partial charge in [-0.05, 0) is 78.9 Å². The predicted octanol–water partition coefficient (Wildman–Crippen LogP) is 8.67. The first kappa shape index (κ1) is 27.7. The van der Waals surface area contributed by atoms with Crippen molar-refractivity contribution in [3.8, 4) is 11.4 Å². The number of aryl methyl sites for hydroxylation is 1. The van der Waals surface area contributed by atoms with E-state index >= 15 is 0 Å². The zero-order chi connectivity index (χ0) is 30.4. The lowest BCUT2D eigenvalue weighted by atomic mass is 9.85. The Morgan fingerprint density at radius 2 is 1.52 bits per heavy atom. The second-order valence-electron chi connectivity index (χ2n) is 12.2. The highest BCUT2D eigenvalue weighted by molar-refractivity contribution is 6.51. The van der Waals surface area contributed by atoms with E-state index in [-0.39, 0.29) is 11.5 Å². The Morgan fingerprint density at radius 3 is 2.23 bits per heavy atom. The molecule has 1 N–H and O–H groups in total. The van der Waals surface area contributed by atoms with E-state index in [1.54, 1.807) is 0 Å². The molecule has 1 atom stereocenters. The van der Waals surface area contributed by atoms with Crippen LogP contribution >= 0.6 is 0 Å². The van der Waals surface area contributed by atoms with E-state index in [0.29, 0.717) is 12.4 Å². The van der Waals surface area contributed by atoms with Crippen LogP contribution in [0.25, 0.3) is 5.69 Å². The molecule has 0 amide bonds. The number of rotatable bonds is 5. The molecule has 0 radical (unpaired) electrons. The molecule has 0 unspecified atom stereocenters. The summed E-state index contributed by atoms with van der Waals surface area (Å²) in [7, 11) is 0. The van der Waals surface area contributed by atoms with Crippen molar-refractivity contribution < 1.29 is 4.74 Å². The summed E-state index contributed by atoms with van der Waals surface area (Å²) in [6.45, 7) is 11.4. The summed E-state index contributed by atoms with van der Waals surface area (Å²) in [4.78, 5) is 12.8. The Morgan fingerprint density at radius 1 is 0.818 bits per heavy atom. The lowest BCUT2D eigenvalue weighted by Gasteiger charge is -2.40. The number of amidine groups is 2. The Balaban J connectivity index is 1.43. The molecule has 1 aromatic heterocycles. The molecule has 3 heterocycles. The first-order valence-electron chi connectivity index (χ1n) is 15.1. The summed E-state index contributed by atoms with van der Waals surface area (Å²) in [6.07, 6.45) is 0. The first-order valence-corrected chi connectivity index (χ1v) is 15.1. The zero-order valence-corrected chi connectivity index (χ0v) is 25.7. The third-order valence-corrected chi connectivity index (χ3v) is 8.16. The molecular formula is C37H36N6O. The number of fused-ring (bicyclic) bond motifs is 4. The Labute approximate surface area is 258 Å². The number of aromatic nitrogens is 2. The van der Waals surface area contributed by atoms with Crippen LogP contribution in [-0.4, -0.2) is 28.1 Å². The number of nitrogens with zero attached hydrogens (tertiary/aromatic N) is 5. The van der Waals surface area contributed by atoms with Gasteiger partial charge < -0.3 is 15.0 Å². The van der Waals surface area contributed by atoms with Crippen molar-refractivity contribution in [2.75, 3.05) is 16.8 Å². The zero-order valence-electron chi connectivity index (χ0n) is 25.7. The van der Waals surface area contributed by atoms with Gasteiger partial charge >= 0.3 is 0 Å². The van der Waals surface area contributed by atoms with Crippen LogP contribution in [0.3, 0.4) is 0 Å². The van der Waals surface area contributed by atoms with Gasteiger partial charge in [-0.25, -0.2) is 14.7 Å². The molecule has 5 aromatic rings.